The number of hydrogen-bond acceptors (Lipinski definition) is 4. The second-order valence-electron chi connectivity index (χ2n) is 6.48. The first-order valence-electron chi connectivity index (χ1n) is 8.25. The van der Waals surface area contributed by atoms with Gasteiger partial charge in [0.05, 0.1) is 11.1 Å². The highest BCUT2D eigenvalue weighted by Gasteiger charge is 2.30. The molecule has 2 heterocycles. The van der Waals surface area contributed by atoms with Gasteiger partial charge in [0.1, 0.15) is 0 Å². The third kappa shape index (κ3) is 3.63. The molecule has 1 aromatic carbocycles. The maximum atomic E-state index is 14.0. The molecule has 136 valence electrons. The first-order chi connectivity index (χ1) is 11.9. The van der Waals surface area contributed by atoms with E-state index in [0.717, 1.165) is 25.9 Å². The summed E-state index contributed by atoms with van der Waals surface area (Å²) in [5.41, 5.74) is 0.587. The second-order valence-corrected chi connectivity index (χ2v) is 6.48. The Balaban J connectivity index is 1.99. The average molecular weight is 355 g/mol. The van der Waals surface area contributed by atoms with Gasteiger partial charge in [0.15, 0.2) is 0 Å². The molecule has 1 aliphatic heterocycles. The minimum absolute atomic E-state index is 0.203. The molecule has 1 unspecified atom stereocenters. The van der Waals surface area contributed by atoms with E-state index in [1.807, 2.05) is 0 Å². The minimum atomic E-state index is -3.27. The number of halogens is 3. The fraction of sp³-hybridized carbons (Fsp3) is 0.500. The predicted molar refractivity (Wildman–Crippen MR) is 92.1 cm³/mol. The van der Waals surface area contributed by atoms with Crippen molar-refractivity contribution in [2.45, 2.75) is 31.6 Å². The molecule has 1 fully saturated rings. The molecular formula is C16H21BF3N3O2. The van der Waals surface area contributed by atoms with Crippen LogP contribution in [0.1, 0.15) is 19.1 Å². The molecule has 5 nitrogen and oxygen atoms in total. The van der Waals surface area contributed by atoms with E-state index in [0.29, 0.717) is 15.6 Å². The van der Waals surface area contributed by atoms with Crippen LogP contribution in [-0.4, -0.2) is 59.2 Å². The van der Waals surface area contributed by atoms with E-state index in [9.17, 15) is 23.2 Å². The SMILES string of the molecule is CN1CCC(Nc2cccc3c2cc(B(O)O)n3C(F)C(F)F)CC1. The number of alkyl halides is 3. The van der Waals surface area contributed by atoms with E-state index in [-0.39, 0.29) is 17.2 Å². The minimum Gasteiger partial charge on any atom is -0.422 e. The number of aromatic nitrogens is 1. The molecule has 0 aliphatic carbocycles. The topological polar surface area (TPSA) is 60.7 Å². The average Bonchev–Trinajstić information content (AvgIpc) is 2.97. The maximum Gasteiger partial charge on any atom is 0.506 e. The summed E-state index contributed by atoms with van der Waals surface area (Å²) in [6.07, 6.45) is -4.04. The van der Waals surface area contributed by atoms with Crippen LogP contribution >= 0.6 is 0 Å². The first kappa shape index (κ1) is 18.1. The lowest BCUT2D eigenvalue weighted by atomic mass is 9.86. The Bertz CT molecular complexity index is 733. The molecule has 1 atom stereocenters. The van der Waals surface area contributed by atoms with Crippen LogP contribution in [0.4, 0.5) is 18.9 Å². The van der Waals surface area contributed by atoms with Gasteiger partial charge >= 0.3 is 7.12 Å². The van der Waals surface area contributed by atoms with E-state index in [4.69, 9.17) is 0 Å². The Morgan fingerprint density at radius 2 is 1.88 bits per heavy atom. The number of benzene rings is 1. The number of anilines is 1. The molecule has 1 saturated heterocycles. The smallest absolute Gasteiger partial charge is 0.422 e. The van der Waals surface area contributed by atoms with Gasteiger partial charge in [0, 0.05) is 17.1 Å². The fourth-order valence-corrected chi connectivity index (χ4v) is 3.36. The quantitative estimate of drug-likeness (QED) is 0.713. The Kier molecular flexibility index (Phi) is 5.26. The number of nitrogens with zero attached hydrogens (tertiary/aromatic N) is 2. The maximum absolute atomic E-state index is 14.0. The van der Waals surface area contributed by atoms with Gasteiger partial charge in [-0.3, -0.25) is 0 Å². The fourth-order valence-electron chi connectivity index (χ4n) is 3.36. The summed E-state index contributed by atoms with van der Waals surface area (Å²) in [5, 5.41) is 22.8. The highest BCUT2D eigenvalue weighted by atomic mass is 19.3. The zero-order valence-electron chi connectivity index (χ0n) is 13.9. The van der Waals surface area contributed by atoms with Crippen molar-refractivity contribution < 1.29 is 23.2 Å². The lowest BCUT2D eigenvalue weighted by Crippen LogP contribution is -2.38. The monoisotopic (exact) mass is 355 g/mol. The van der Waals surface area contributed by atoms with Crippen molar-refractivity contribution in [2.75, 3.05) is 25.5 Å². The molecule has 3 N–H and O–H groups in total. The van der Waals surface area contributed by atoms with Crippen LogP contribution < -0.4 is 10.9 Å². The summed E-state index contributed by atoms with van der Waals surface area (Å²) >= 11 is 0. The largest absolute Gasteiger partial charge is 0.506 e. The van der Waals surface area contributed by atoms with Crippen molar-refractivity contribution in [3.63, 3.8) is 0 Å². The molecule has 3 rings (SSSR count). The molecule has 9 heteroatoms. The number of fused-ring (bicyclic) bond motifs is 1. The van der Waals surface area contributed by atoms with Crippen molar-refractivity contribution in [3.8, 4) is 0 Å². The number of hydrogen-bond donors (Lipinski definition) is 3. The van der Waals surface area contributed by atoms with Crippen LogP contribution in [0.15, 0.2) is 24.3 Å². The molecule has 25 heavy (non-hydrogen) atoms. The predicted octanol–water partition coefficient (Wildman–Crippen LogP) is 1.56. The van der Waals surface area contributed by atoms with E-state index >= 15 is 0 Å². The molecule has 1 aliphatic rings. The molecule has 0 radical (unpaired) electrons. The molecule has 0 bridgehead atoms. The van der Waals surface area contributed by atoms with Crippen LogP contribution in [0, 0.1) is 0 Å². The van der Waals surface area contributed by atoms with Gasteiger partial charge in [-0.25, -0.2) is 13.2 Å². The summed E-state index contributed by atoms with van der Waals surface area (Å²) in [6.45, 7) is 1.90. The molecule has 1 aromatic heterocycles. The summed E-state index contributed by atoms with van der Waals surface area (Å²) in [4.78, 5) is 2.23. The number of likely N-dealkylation sites (tertiary alicyclic amines) is 1. The molecule has 0 spiro atoms. The molecular weight excluding hydrogens is 334 g/mol. The Morgan fingerprint density at radius 1 is 1.20 bits per heavy atom. The van der Waals surface area contributed by atoms with Gasteiger partial charge < -0.3 is 24.8 Å². The van der Waals surface area contributed by atoms with E-state index in [1.54, 1.807) is 12.1 Å². The van der Waals surface area contributed by atoms with Crippen LogP contribution in [0.25, 0.3) is 10.9 Å². The zero-order chi connectivity index (χ0) is 18.1. The van der Waals surface area contributed by atoms with Crippen molar-refractivity contribution in [3.05, 3.63) is 24.3 Å². The Hall–Kier alpha value is -1.71. The summed E-state index contributed by atoms with van der Waals surface area (Å²) in [5.74, 6) is 0. The highest BCUT2D eigenvalue weighted by Crippen LogP contribution is 2.30. The van der Waals surface area contributed by atoms with Crippen LogP contribution in [-0.2, 0) is 0 Å². The summed E-state index contributed by atoms with van der Waals surface area (Å²) in [6, 6.07) is 6.50. The second kappa shape index (κ2) is 7.27. The van der Waals surface area contributed by atoms with Gasteiger partial charge in [-0.1, -0.05) is 6.07 Å². The van der Waals surface area contributed by atoms with Gasteiger partial charge in [0.2, 0.25) is 6.30 Å². The lowest BCUT2D eigenvalue weighted by Gasteiger charge is -2.30. The van der Waals surface area contributed by atoms with Crippen molar-refractivity contribution in [1.82, 2.24) is 9.47 Å². The lowest BCUT2D eigenvalue weighted by molar-refractivity contribution is 0.0119. The normalized spacial score (nSPS) is 18.0. The highest BCUT2D eigenvalue weighted by molar-refractivity contribution is 6.58. The zero-order valence-corrected chi connectivity index (χ0v) is 13.9. The summed E-state index contributed by atoms with van der Waals surface area (Å²) in [7, 11) is 0.0121. The van der Waals surface area contributed by atoms with Gasteiger partial charge in [-0.2, -0.15) is 0 Å². The van der Waals surface area contributed by atoms with Crippen LogP contribution in [0.3, 0.4) is 0 Å². The molecule has 2 aromatic rings. The van der Waals surface area contributed by atoms with Crippen LogP contribution in [0.5, 0.6) is 0 Å². The number of nitrogens with one attached hydrogen (secondary N) is 1. The van der Waals surface area contributed by atoms with Crippen molar-refractivity contribution >= 4 is 29.3 Å². The van der Waals surface area contributed by atoms with E-state index in [2.05, 4.69) is 17.3 Å². The Labute approximate surface area is 144 Å². The van der Waals surface area contributed by atoms with Gasteiger partial charge in [0.25, 0.3) is 6.43 Å². The standard InChI is InChI=1S/C16H21BF3N3O2/c1-22-7-5-10(6-8-22)21-12-3-2-4-13-11(12)9-14(17(24)25)23(13)16(20)15(18)19/h2-4,9-10,15-16,21,24-25H,5-8H2,1H3. The van der Waals surface area contributed by atoms with Crippen molar-refractivity contribution in [1.29, 1.82) is 0 Å². The van der Waals surface area contributed by atoms with Gasteiger partial charge in [-0.15, -0.1) is 0 Å². The van der Waals surface area contributed by atoms with Gasteiger partial charge in [-0.05, 0) is 51.2 Å². The molecule has 0 saturated carbocycles. The van der Waals surface area contributed by atoms with E-state index in [1.165, 1.54) is 12.1 Å². The number of piperidine rings is 1. The third-order valence-corrected chi connectivity index (χ3v) is 4.71. The van der Waals surface area contributed by atoms with Crippen LogP contribution in [0.2, 0.25) is 0 Å². The Morgan fingerprint density at radius 3 is 2.48 bits per heavy atom. The third-order valence-electron chi connectivity index (χ3n) is 4.71. The summed E-state index contributed by atoms with van der Waals surface area (Å²) < 4.78 is 40.5. The first-order valence-corrected chi connectivity index (χ1v) is 8.25. The number of rotatable bonds is 5. The van der Waals surface area contributed by atoms with E-state index < -0.39 is 19.8 Å². The molecule has 0 amide bonds. The van der Waals surface area contributed by atoms with Crippen molar-refractivity contribution in [2.24, 2.45) is 0 Å².